The lowest BCUT2D eigenvalue weighted by molar-refractivity contribution is 0.0697. The van der Waals surface area contributed by atoms with E-state index in [1.54, 1.807) is 0 Å². The number of nitrogens with zero attached hydrogens (tertiary/aromatic N) is 1. The van der Waals surface area contributed by atoms with Gasteiger partial charge in [0.25, 0.3) is 0 Å². The minimum absolute atomic E-state index is 0.400. The summed E-state index contributed by atoms with van der Waals surface area (Å²) in [6.45, 7) is 1.99. The third-order valence-corrected chi connectivity index (χ3v) is 5.21. The molecule has 2 bridgehead atoms. The average Bonchev–Trinajstić information content (AvgIpc) is 2.97. The molecule has 102 valence electrons. The van der Waals surface area contributed by atoms with Crippen LogP contribution in [0.4, 0.5) is 0 Å². The maximum Gasteiger partial charge on any atom is 0.336 e. The number of rotatable bonds is 1. The molecule has 1 heterocycles. The Balaban J connectivity index is 2.18. The number of halogens is 1. The predicted octanol–water partition coefficient (Wildman–Crippen LogP) is 4.37. The van der Waals surface area contributed by atoms with Crippen molar-refractivity contribution in [1.82, 2.24) is 4.98 Å². The molecule has 0 aliphatic heterocycles. The van der Waals surface area contributed by atoms with E-state index < -0.39 is 5.97 Å². The van der Waals surface area contributed by atoms with E-state index in [0.717, 1.165) is 51.5 Å². The third kappa shape index (κ3) is 1.51. The normalized spacial score (nSPS) is 23.3. The molecule has 0 amide bonds. The Morgan fingerprint density at radius 3 is 2.85 bits per heavy atom. The van der Waals surface area contributed by atoms with Gasteiger partial charge in [0.05, 0.1) is 11.1 Å². The molecule has 2 atom stereocenters. The van der Waals surface area contributed by atoms with Gasteiger partial charge in [0, 0.05) is 21.5 Å². The molecule has 0 saturated heterocycles. The number of aryl methyl sites for hydroxylation is 1. The van der Waals surface area contributed by atoms with Gasteiger partial charge < -0.3 is 5.11 Å². The second kappa shape index (κ2) is 4.04. The summed E-state index contributed by atoms with van der Waals surface area (Å²) < 4.78 is 0.912. The second-order valence-corrected chi connectivity index (χ2v) is 6.83. The third-order valence-electron chi connectivity index (χ3n) is 4.75. The molecule has 2 aliphatic rings. The molecule has 1 aromatic carbocycles. The maximum absolute atomic E-state index is 11.8. The van der Waals surface area contributed by atoms with Crippen LogP contribution in [0.1, 0.15) is 58.3 Å². The maximum atomic E-state index is 11.8. The minimum Gasteiger partial charge on any atom is -0.478 e. The molecule has 4 heteroatoms. The molecule has 1 aromatic heterocycles. The SMILES string of the molecule is Cc1cc(Br)cc2c(C(=O)O)c3c(nc12)C1CCC3C1. The van der Waals surface area contributed by atoms with Gasteiger partial charge >= 0.3 is 5.97 Å². The molecule has 2 unspecified atom stereocenters. The van der Waals surface area contributed by atoms with Crippen molar-refractivity contribution in [2.75, 3.05) is 0 Å². The summed E-state index contributed by atoms with van der Waals surface area (Å²) in [5, 5.41) is 10.5. The zero-order valence-electron chi connectivity index (χ0n) is 11.1. The van der Waals surface area contributed by atoms with Gasteiger partial charge in [0.2, 0.25) is 0 Å². The summed E-state index contributed by atoms with van der Waals surface area (Å²) in [5.41, 5.74) is 4.43. The molecule has 3 nitrogen and oxygen atoms in total. The van der Waals surface area contributed by atoms with Gasteiger partial charge in [-0.2, -0.15) is 0 Å². The lowest BCUT2D eigenvalue weighted by atomic mass is 9.89. The van der Waals surface area contributed by atoms with E-state index in [1.807, 2.05) is 19.1 Å². The topological polar surface area (TPSA) is 50.2 Å². The number of carbonyl (C=O) groups is 1. The lowest BCUT2D eigenvalue weighted by Gasteiger charge is -2.19. The molecule has 0 spiro atoms. The number of aromatic carboxylic acids is 1. The van der Waals surface area contributed by atoms with E-state index in [4.69, 9.17) is 4.98 Å². The smallest absolute Gasteiger partial charge is 0.336 e. The first-order valence-corrected chi connectivity index (χ1v) is 7.72. The fourth-order valence-electron chi connectivity index (χ4n) is 3.98. The molecule has 1 fully saturated rings. The standard InChI is InChI=1S/C16H14BrNO2/c1-7-4-10(17)6-11-13(16(19)20)12-8-2-3-9(5-8)15(12)18-14(7)11/h4,6,8-9H,2-3,5H2,1H3,(H,19,20). The van der Waals surface area contributed by atoms with Crippen molar-refractivity contribution in [1.29, 1.82) is 0 Å². The monoisotopic (exact) mass is 331 g/mol. The van der Waals surface area contributed by atoms with Gasteiger partial charge in [-0.3, -0.25) is 4.98 Å². The van der Waals surface area contributed by atoms with Crippen molar-refractivity contribution in [3.8, 4) is 0 Å². The zero-order chi connectivity index (χ0) is 14.0. The molecule has 4 rings (SSSR count). The van der Waals surface area contributed by atoms with Crippen LogP contribution in [-0.4, -0.2) is 16.1 Å². The summed E-state index contributed by atoms with van der Waals surface area (Å²) in [4.78, 5) is 16.7. The Morgan fingerprint density at radius 1 is 1.35 bits per heavy atom. The van der Waals surface area contributed by atoms with Crippen LogP contribution in [0.25, 0.3) is 10.9 Å². The first kappa shape index (κ1) is 12.3. The van der Waals surface area contributed by atoms with Gasteiger partial charge in [0.15, 0.2) is 0 Å². The molecular formula is C16H14BrNO2. The Morgan fingerprint density at radius 2 is 2.10 bits per heavy atom. The lowest BCUT2D eigenvalue weighted by Crippen LogP contribution is -2.11. The van der Waals surface area contributed by atoms with Crippen molar-refractivity contribution in [2.45, 2.75) is 38.0 Å². The van der Waals surface area contributed by atoms with E-state index >= 15 is 0 Å². The van der Waals surface area contributed by atoms with Crippen LogP contribution < -0.4 is 0 Å². The molecule has 2 aliphatic carbocycles. The molecule has 0 radical (unpaired) electrons. The number of hydrogen-bond acceptors (Lipinski definition) is 2. The van der Waals surface area contributed by atoms with E-state index in [0.29, 0.717) is 17.4 Å². The van der Waals surface area contributed by atoms with E-state index in [1.165, 1.54) is 0 Å². The van der Waals surface area contributed by atoms with Gasteiger partial charge in [-0.1, -0.05) is 15.9 Å². The molecule has 20 heavy (non-hydrogen) atoms. The number of aromatic nitrogens is 1. The molecule has 2 aromatic rings. The number of carboxylic acid groups (broad SMARTS) is 1. The van der Waals surface area contributed by atoms with E-state index in [9.17, 15) is 9.90 Å². The molecular weight excluding hydrogens is 318 g/mol. The summed E-state index contributed by atoms with van der Waals surface area (Å²) in [7, 11) is 0. The van der Waals surface area contributed by atoms with Crippen LogP contribution in [0.2, 0.25) is 0 Å². The highest BCUT2D eigenvalue weighted by molar-refractivity contribution is 9.10. The Labute approximate surface area is 125 Å². The Bertz CT molecular complexity index is 769. The first-order chi connectivity index (χ1) is 9.56. The fourth-order valence-corrected chi connectivity index (χ4v) is 4.55. The van der Waals surface area contributed by atoms with Gasteiger partial charge in [-0.25, -0.2) is 4.79 Å². The number of fused-ring (bicyclic) bond motifs is 6. The quantitative estimate of drug-likeness (QED) is 0.844. The number of pyridine rings is 1. The zero-order valence-corrected chi connectivity index (χ0v) is 12.7. The second-order valence-electron chi connectivity index (χ2n) is 5.92. The van der Waals surface area contributed by atoms with Gasteiger partial charge in [-0.05, 0) is 55.4 Å². The number of hydrogen-bond donors (Lipinski definition) is 1. The highest BCUT2D eigenvalue weighted by Gasteiger charge is 2.41. The van der Waals surface area contributed by atoms with E-state index in [-0.39, 0.29) is 0 Å². The number of benzene rings is 1. The first-order valence-electron chi connectivity index (χ1n) is 6.93. The average molecular weight is 332 g/mol. The fraction of sp³-hybridized carbons (Fsp3) is 0.375. The van der Waals surface area contributed by atoms with Crippen LogP contribution in [0, 0.1) is 6.92 Å². The molecule has 1 saturated carbocycles. The summed E-state index contributed by atoms with van der Waals surface area (Å²) >= 11 is 3.47. The Hall–Kier alpha value is -1.42. The largest absolute Gasteiger partial charge is 0.478 e. The minimum atomic E-state index is -0.821. The summed E-state index contributed by atoms with van der Waals surface area (Å²) in [6, 6.07) is 3.89. The summed E-state index contributed by atoms with van der Waals surface area (Å²) in [6.07, 6.45) is 3.35. The summed E-state index contributed by atoms with van der Waals surface area (Å²) in [5.74, 6) is 0.0523. The van der Waals surface area contributed by atoms with Crippen molar-refractivity contribution >= 4 is 32.8 Å². The molecule has 1 N–H and O–H groups in total. The van der Waals surface area contributed by atoms with Crippen molar-refractivity contribution < 1.29 is 9.90 Å². The Kier molecular flexibility index (Phi) is 2.49. The predicted molar refractivity (Wildman–Crippen MR) is 80.5 cm³/mol. The number of carboxylic acids is 1. The van der Waals surface area contributed by atoms with Crippen molar-refractivity contribution in [2.24, 2.45) is 0 Å². The van der Waals surface area contributed by atoms with Crippen LogP contribution in [0.15, 0.2) is 16.6 Å². The van der Waals surface area contributed by atoms with Crippen LogP contribution in [0.5, 0.6) is 0 Å². The van der Waals surface area contributed by atoms with Crippen molar-refractivity contribution in [3.63, 3.8) is 0 Å². The highest BCUT2D eigenvalue weighted by atomic mass is 79.9. The van der Waals surface area contributed by atoms with Gasteiger partial charge in [0.1, 0.15) is 0 Å². The van der Waals surface area contributed by atoms with E-state index in [2.05, 4.69) is 15.9 Å². The van der Waals surface area contributed by atoms with Crippen LogP contribution in [0.3, 0.4) is 0 Å². The van der Waals surface area contributed by atoms with Gasteiger partial charge in [-0.15, -0.1) is 0 Å². The van der Waals surface area contributed by atoms with Crippen LogP contribution >= 0.6 is 15.9 Å². The van der Waals surface area contributed by atoms with Crippen molar-refractivity contribution in [3.05, 3.63) is 39.0 Å². The van der Waals surface area contributed by atoms with Crippen LogP contribution in [-0.2, 0) is 0 Å². The highest BCUT2D eigenvalue weighted by Crippen LogP contribution is 2.54.